The van der Waals surface area contributed by atoms with Gasteiger partial charge in [0.25, 0.3) is 0 Å². The van der Waals surface area contributed by atoms with Crippen LogP contribution in [0.25, 0.3) is 0 Å². The van der Waals surface area contributed by atoms with E-state index in [-0.39, 0.29) is 0 Å². The van der Waals surface area contributed by atoms with Crippen molar-refractivity contribution in [3.8, 4) is 6.07 Å². The van der Waals surface area contributed by atoms with E-state index < -0.39 is 0 Å². The summed E-state index contributed by atoms with van der Waals surface area (Å²) in [6.07, 6.45) is 4.76. The van der Waals surface area contributed by atoms with E-state index in [1.165, 1.54) is 5.56 Å². The summed E-state index contributed by atoms with van der Waals surface area (Å²) in [7, 11) is 0. The van der Waals surface area contributed by atoms with Crippen molar-refractivity contribution in [1.82, 2.24) is 4.90 Å². The molecule has 84 valence electrons. The molecule has 0 fully saturated rings. The van der Waals surface area contributed by atoms with Crippen LogP contribution in [0.5, 0.6) is 0 Å². The summed E-state index contributed by atoms with van der Waals surface area (Å²) in [5.41, 5.74) is 1.30. The van der Waals surface area contributed by atoms with E-state index in [4.69, 9.17) is 5.26 Å². The summed E-state index contributed by atoms with van der Waals surface area (Å²) in [5, 5.41) is 8.61. The molecule has 0 N–H and O–H groups in total. The average molecular weight is 214 g/mol. The Balaban J connectivity index is 2.52. The molecular weight excluding hydrogens is 196 g/mol. The fourth-order valence-corrected chi connectivity index (χ4v) is 1.54. The van der Waals surface area contributed by atoms with Gasteiger partial charge >= 0.3 is 0 Å². The van der Waals surface area contributed by atoms with Crippen molar-refractivity contribution in [2.24, 2.45) is 0 Å². The number of nitriles is 1. The van der Waals surface area contributed by atoms with Crippen LogP contribution in [-0.4, -0.2) is 18.0 Å². The third-order valence-corrected chi connectivity index (χ3v) is 2.39. The average Bonchev–Trinajstić information content (AvgIpc) is 2.34. The molecular formula is C14H18N2. The van der Waals surface area contributed by atoms with Gasteiger partial charge in [-0.05, 0) is 12.5 Å². The highest BCUT2D eigenvalue weighted by atomic mass is 15.1. The quantitative estimate of drug-likeness (QED) is 0.681. The predicted octanol–water partition coefficient (Wildman–Crippen LogP) is 2.98. The Morgan fingerprint density at radius 2 is 2.06 bits per heavy atom. The molecule has 16 heavy (non-hydrogen) atoms. The highest BCUT2D eigenvalue weighted by molar-refractivity contribution is 5.14. The Labute approximate surface area is 97.8 Å². The maximum Gasteiger partial charge on any atom is 0.0635 e. The van der Waals surface area contributed by atoms with Crippen LogP contribution in [0.3, 0.4) is 0 Å². The lowest BCUT2D eigenvalue weighted by molar-refractivity contribution is 0.301. The Hall–Kier alpha value is -1.59. The first-order chi connectivity index (χ1) is 7.86. The van der Waals surface area contributed by atoms with Crippen LogP contribution in [0.15, 0.2) is 42.5 Å². The van der Waals surface area contributed by atoms with Crippen molar-refractivity contribution in [3.63, 3.8) is 0 Å². The van der Waals surface area contributed by atoms with Gasteiger partial charge in [-0.3, -0.25) is 4.90 Å². The van der Waals surface area contributed by atoms with Crippen molar-refractivity contribution < 1.29 is 0 Å². The number of nitrogens with zero attached hydrogens (tertiary/aromatic N) is 2. The van der Waals surface area contributed by atoms with Crippen LogP contribution in [0.1, 0.15) is 18.9 Å². The molecule has 2 nitrogen and oxygen atoms in total. The van der Waals surface area contributed by atoms with Crippen LogP contribution in [0.2, 0.25) is 0 Å². The third-order valence-electron chi connectivity index (χ3n) is 2.39. The Bertz CT molecular complexity index is 349. The van der Waals surface area contributed by atoms with E-state index in [1.54, 1.807) is 0 Å². The molecule has 0 aliphatic carbocycles. The molecule has 0 radical (unpaired) electrons. The zero-order chi connectivity index (χ0) is 11.6. The minimum absolute atomic E-state index is 0.588. The molecule has 0 saturated heterocycles. The molecule has 0 unspecified atom stereocenters. The molecule has 0 saturated carbocycles. The van der Waals surface area contributed by atoms with Crippen LogP contribution in [0.4, 0.5) is 0 Å². The second kappa shape index (κ2) is 7.67. The lowest BCUT2D eigenvalue weighted by Gasteiger charge is -2.19. The highest BCUT2D eigenvalue weighted by Gasteiger charge is 2.03. The van der Waals surface area contributed by atoms with Crippen LogP contribution >= 0.6 is 0 Å². The number of benzene rings is 1. The molecule has 1 aromatic carbocycles. The van der Waals surface area contributed by atoms with E-state index >= 15 is 0 Å². The molecule has 0 aliphatic heterocycles. The molecule has 0 aliphatic rings. The monoisotopic (exact) mass is 214 g/mol. The molecule has 1 rings (SSSR count). The van der Waals surface area contributed by atoms with Crippen molar-refractivity contribution in [1.29, 1.82) is 5.26 Å². The molecule has 0 spiro atoms. The maximum atomic E-state index is 8.61. The van der Waals surface area contributed by atoms with E-state index in [2.05, 4.69) is 29.2 Å². The SMILES string of the molecule is CC=CCN(CCC#N)Cc1ccccc1. The van der Waals surface area contributed by atoms with Crippen LogP contribution in [0, 0.1) is 11.3 Å². The first-order valence-electron chi connectivity index (χ1n) is 5.61. The number of allylic oxidation sites excluding steroid dienone is 1. The van der Waals surface area contributed by atoms with Gasteiger partial charge in [0.15, 0.2) is 0 Å². The van der Waals surface area contributed by atoms with Crippen molar-refractivity contribution in [3.05, 3.63) is 48.0 Å². The summed E-state index contributed by atoms with van der Waals surface area (Å²) < 4.78 is 0. The normalized spacial score (nSPS) is 10.8. The topological polar surface area (TPSA) is 27.0 Å². The van der Waals surface area contributed by atoms with E-state index in [0.29, 0.717) is 6.42 Å². The lowest BCUT2D eigenvalue weighted by atomic mass is 10.2. The largest absolute Gasteiger partial charge is 0.294 e. The number of hydrogen-bond donors (Lipinski definition) is 0. The smallest absolute Gasteiger partial charge is 0.0635 e. The van der Waals surface area contributed by atoms with Crippen molar-refractivity contribution in [2.75, 3.05) is 13.1 Å². The minimum Gasteiger partial charge on any atom is -0.294 e. The Kier molecular flexibility index (Phi) is 5.98. The number of rotatable bonds is 6. The summed E-state index contributed by atoms with van der Waals surface area (Å²) in [5.74, 6) is 0. The molecule has 0 atom stereocenters. The van der Waals surface area contributed by atoms with Crippen molar-refractivity contribution >= 4 is 0 Å². The van der Waals surface area contributed by atoms with Gasteiger partial charge in [-0.15, -0.1) is 0 Å². The van der Waals surface area contributed by atoms with Crippen molar-refractivity contribution in [2.45, 2.75) is 19.9 Å². The van der Waals surface area contributed by atoms with Crippen LogP contribution in [-0.2, 0) is 6.54 Å². The van der Waals surface area contributed by atoms with Crippen LogP contribution < -0.4 is 0 Å². The third kappa shape index (κ3) is 4.77. The van der Waals surface area contributed by atoms with Gasteiger partial charge in [0.2, 0.25) is 0 Å². The molecule has 0 heterocycles. The standard InChI is InChI=1S/C14H18N2/c1-2-3-11-16(12-7-10-15)13-14-8-5-4-6-9-14/h2-6,8-9H,7,11-13H2,1H3. The summed E-state index contributed by atoms with van der Waals surface area (Å²) in [6, 6.07) is 12.6. The Morgan fingerprint density at radius 3 is 2.69 bits per heavy atom. The fraction of sp³-hybridized carbons (Fsp3) is 0.357. The summed E-state index contributed by atoms with van der Waals surface area (Å²) in [4.78, 5) is 2.28. The van der Waals surface area contributed by atoms with E-state index in [0.717, 1.165) is 19.6 Å². The molecule has 0 bridgehead atoms. The first-order valence-corrected chi connectivity index (χ1v) is 5.61. The first kappa shape index (κ1) is 12.5. The molecule has 0 aromatic heterocycles. The predicted molar refractivity (Wildman–Crippen MR) is 66.8 cm³/mol. The summed E-state index contributed by atoms with van der Waals surface area (Å²) in [6.45, 7) is 4.67. The molecule has 0 amide bonds. The van der Waals surface area contributed by atoms with Gasteiger partial charge in [0, 0.05) is 26.1 Å². The second-order valence-corrected chi connectivity index (χ2v) is 3.70. The van der Waals surface area contributed by atoms with E-state index in [9.17, 15) is 0 Å². The zero-order valence-electron chi connectivity index (χ0n) is 9.76. The maximum absolute atomic E-state index is 8.61. The van der Waals surface area contributed by atoms with Gasteiger partial charge in [0.1, 0.15) is 0 Å². The fourth-order valence-electron chi connectivity index (χ4n) is 1.54. The Morgan fingerprint density at radius 1 is 1.31 bits per heavy atom. The lowest BCUT2D eigenvalue weighted by Crippen LogP contribution is -2.24. The second-order valence-electron chi connectivity index (χ2n) is 3.70. The zero-order valence-corrected chi connectivity index (χ0v) is 9.76. The van der Waals surface area contributed by atoms with Gasteiger partial charge in [-0.25, -0.2) is 0 Å². The molecule has 2 heteroatoms. The van der Waals surface area contributed by atoms with Gasteiger partial charge in [0.05, 0.1) is 6.07 Å². The van der Waals surface area contributed by atoms with Gasteiger partial charge in [-0.2, -0.15) is 5.26 Å². The molecule has 1 aromatic rings. The van der Waals surface area contributed by atoms with E-state index in [1.807, 2.05) is 31.2 Å². The highest BCUT2D eigenvalue weighted by Crippen LogP contribution is 2.04. The number of hydrogen-bond acceptors (Lipinski definition) is 2. The summed E-state index contributed by atoms with van der Waals surface area (Å²) >= 11 is 0. The van der Waals surface area contributed by atoms with Gasteiger partial charge in [-0.1, -0.05) is 42.5 Å². The van der Waals surface area contributed by atoms with Gasteiger partial charge < -0.3 is 0 Å². The minimum atomic E-state index is 0.588.